The molecule has 0 aliphatic carbocycles. The van der Waals surface area contributed by atoms with Gasteiger partial charge in [0.25, 0.3) is 23.6 Å². The lowest BCUT2D eigenvalue weighted by molar-refractivity contribution is -0.116. The number of thioether (sulfide) groups is 2. The van der Waals surface area contributed by atoms with E-state index in [9.17, 15) is 28.8 Å². The van der Waals surface area contributed by atoms with Gasteiger partial charge in [0.2, 0.25) is 11.8 Å². The number of hydrogen-bond donors (Lipinski definition) is 6. The number of benzene rings is 9. The molecule has 9 rings (SSSR count). The van der Waals surface area contributed by atoms with Crippen LogP contribution in [0.1, 0.15) is 74.8 Å². The number of amides is 6. The Labute approximate surface area is 746 Å². The molecule has 9 aromatic carbocycles. The number of nitrogens with one attached hydrogen (secondary N) is 6. The smallest absolute Gasteiger partial charge is 0.255 e. The highest BCUT2D eigenvalue weighted by atomic mass is 32.2. The van der Waals surface area contributed by atoms with Gasteiger partial charge < -0.3 is 108 Å². The van der Waals surface area contributed by atoms with E-state index in [1.807, 2.05) is 109 Å². The van der Waals surface area contributed by atoms with Crippen molar-refractivity contribution in [2.45, 2.75) is 9.49 Å². The van der Waals surface area contributed by atoms with Crippen molar-refractivity contribution in [1.82, 2.24) is 21.3 Å². The molecule has 0 saturated heterocycles. The molecule has 0 bridgehead atoms. The molecule has 674 valence electrons. The molecule has 0 spiro atoms. The van der Waals surface area contributed by atoms with E-state index < -0.39 is 58.0 Å². The molecule has 6 N–H and O–H groups in total. The lowest BCUT2D eigenvalue weighted by Gasteiger charge is -2.35. The average Bonchev–Trinajstić information content (AvgIpc) is 0.759. The maximum Gasteiger partial charge on any atom is 0.255 e. The van der Waals surface area contributed by atoms with Gasteiger partial charge in [-0.3, -0.25) is 28.8 Å². The van der Waals surface area contributed by atoms with E-state index in [2.05, 4.69) is 105 Å². The van der Waals surface area contributed by atoms with Gasteiger partial charge in [-0.25, -0.2) is 0 Å². The molecule has 0 saturated carbocycles. The number of anilines is 2. The molecule has 6 amide bonds. The predicted octanol–water partition coefficient (Wildman–Crippen LogP) is 11.6. The summed E-state index contributed by atoms with van der Waals surface area (Å²) in [7, 11) is 6.33. The summed E-state index contributed by atoms with van der Waals surface area (Å²) >= 11 is 3.36. The van der Waals surface area contributed by atoms with Crippen molar-refractivity contribution in [3.63, 3.8) is 0 Å². The van der Waals surface area contributed by atoms with Crippen molar-refractivity contribution in [2.24, 2.45) is 0 Å². The number of carbonyl (C=O) groups excluding carboxylic acids is 6. The Kier molecular flexibility index (Phi) is 45.4. The van der Waals surface area contributed by atoms with Gasteiger partial charge in [0, 0.05) is 70.5 Å². The van der Waals surface area contributed by atoms with Crippen LogP contribution in [0.2, 0.25) is 0 Å². The highest BCUT2D eigenvalue weighted by Gasteiger charge is 2.39. The summed E-state index contributed by atoms with van der Waals surface area (Å²) in [6.45, 7) is 5.02. The predicted molar refractivity (Wildman–Crippen MR) is 485 cm³/mol. The number of ether oxygens (including phenoxy) is 16. The SMILES string of the molecule is COCCOCCOCCOc1ccc(NC(=O)CNC(=O)c2cc(C(=O)NCC(=O)Nc3ccc(OCCOCCOCCOC)c(C(=O)NCCSC(c4ccccc4)(c4ccccc4)c4ccccc4)c3)c(OCCOCCOCCOC)cc2OCCOCCOCCOC)cc1C(=O)NCCSC(c1ccccc1)(c1ccccc1)c1ccccc1. The molecule has 0 atom stereocenters. The van der Waals surface area contributed by atoms with Crippen molar-refractivity contribution in [3.8, 4) is 23.0 Å². The van der Waals surface area contributed by atoms with Gasteiger partial charge >= 0.3 is 0 Å². The largest absolute Gasteiger partial charge is 0.490 e. The molecule has 126 heavy (non-hydrogen) atoms. The first-order chi connectivity index (χ1) is 61.9. The normalized spacial score (nSPS) is 11.3. The highest BCUT2D eigenvalue weighted by Crippen LogP contribution is 2.50. The van der Waals surface area contributed by atoms with Crippen LogP contribution in [-0.2, 0) is 75.9 Å². The Morgan fingerprint density at radius 2 is 0.484 bits per heavy atom. The summed E-state index contributed by atoms with van der Waals surface area (Å²) in [6.07, 6.45) is 0. The summed E-state index contributed by atoms with van der Waals surface area (Å²) in [4.78, 5) is 87.0. The third-order valence-electron chi connectivity index (χ3n) is 19.1. The summed E-state index contributed by atoms with van der Waals surface area (Å²) in [5.74, 6) is -2.84. The van der Waals surface area contributed by atoms with Crippen LogP contribution in [-0.4, -0.2) is 260 Å². The highest BCUT2D eigenvalue weighted by molar-refractivity contribution is 8.00. The Morgan fingerprint density at radius 1 is 0.254 bits per heavy atom. The first kappa shape index (κ1) is 99.0. The van der Waals surface area contributed by atoms with Crippen LogP contribution in [0.4, 0.5) is 11.4 Å². The molecular formula is C96H116N6O22S2. The van der Waals surface area contributed by atoms with Crippen LogP contribution in [0.3, 0.4) is 0 Å². The molecule has 0 unspecified atom stereocenters. The summed E-state index contributed by atoms with van der Waals surface area (Å²) in [5.41, 5.74) is 6.57. The summed E-state index contributed by atoms with van der Waals surface area (Å²) in [5, 5.41) is 17.1. The van der Waals surface area contributed by atoms with Crippen LogP contribution >= 0.6 is 23.5 Å². The zero-order valence-corrected chi connectivity index (χ0v) is 73.6. The van der Waals surface area contributed by atoms with Crippen molar-refractivity contribution in [2.75, 3.05) is 235 Å². The lowest BCUT2D eigenvalue weighted by Crippen LogP contribution is -2.35. The zero-order chi connectivity index (χ0) is 88.8. The van der Waals surface area contributed by atoms with Gasteiger partial charge in [0.05, 0.1) is 177 Å². The van der Waals surface area contributed by atoms with E-state index in [1.54, 1.807) is 76.2 Å². The number of rotatable bonds is 64. The fraction of sp³-hybridized carbons (Fsp3) is 0.375. The maximum absolute atomic E-state index is 14.8. The maximum atomic E-state index is 14.8. The van der Waals surface area contributed by atoms with E-state index in [4.69, 9.17) is 75.8 Å². The molecule has 0 aromatic heterocycles. The molecular weight excluding hydrogens is 1650 g/mol. The Balaban J connectivity index is 0.925. The van der Waals surface area contributed by atoms with Crippen molar-refractivity contribution < 1.29 is 105 Å². The Bertz CT molecular complexity index is 4170. The fourth-order valence-electron chi connectivity index (χ4n) is 13.1. The van der Waals surface area contributed by atoms with E-state index in [0.29, 0.717) is 90.8 Å². The topological polar surface area (TPSA) is 322 Å². The molecule has 0 aliphatic heterocycles. The van der Waals surface area contributed by atoms with E-state index in [1.165, 1.54) is 24.3 Å². The summed E-state index contributed by atoms with van der Waals surface area (Å²) < 4.78 is 89.1. The van der Waals surface area contributed by atoms with Crippen LogP contribution in [0.5, 0.6) is 23.0 Å². The second-order valence-electron chi connectivity index (χ2n) is 27.8. The van der Waals surface area contributed by atoms with Gasteiger partial charge in [0.1, 0.15) is 49.4 Å². The molecule has 0 heterocycles. The minimum absolute atomic E-state index is 0.0345. The second kappa shape index (κ2) is 57.8. The molecule has 0 radical (unpaired) electrons. The average molecular weight is 1770 g/mol. The molecule has 30 heteroatoms. The Hall–Kier alpha value is -10.8. The minimum atomic E-state index is -0.856. The van der Waals surface area contributed by atoms with Crippen molar-refractivity contribution >= 4 is 70.3 Å². The van der Waals surface area contributed by atoms with Crippen molar-refractivity contribution in [3.05, 3.63) is 286 Å². The van der Waals surface area contributed by atoms with Gasteiger partial charge in [-0.05, 0) is 75.8 Å². The quantitative estimate of drug-likeness (QED) is 0.0152. The number of hydrogen-bond acceptors (Lipinski definition) is 24. The number of carbonyl (C=O) groups is 6. The molecule has 0 aliphatic rings. The van der Waals surface area contributed by atoms with E-state index >= 15 is 0 Å². The Morgan fingerprint density at radius 3 is 0.746 bits per heavy atom. The van der Waals surface area contributed by atoms with E-state index in [-0.39, 0.29) is 149 Å². The number of methoxy groups -OCH3 is 4. The third kappa shape index (κ3) is 32.6. The van der Waals surface area contributed by atoms with E-state index in [0.717, 1.165) is 33.4 Å². The lowest BCUT2D eigenvalue weighted by atomic mass is 9.84. The van der Waals surface area contributed by atoms with Gasteiger partial charge in [-0.1, -0.05) is 182 Å². The van der Waals surface area contributed by atoms with Crippen LogP contribution < -0.4 is 50.8 Å². The molecule has 9 aromatic rings. The monoisotopic (exact) mass is 1770 g/mol. The van der Waals surface area contributed by atoms with Crippen LogP contribution in [0.25, 0.3) is 0 Å². The summed E-state index contributed by atoms with van der Waals surface area (Å²) in [6, 6.07) is 73.2. The van der Waals surface area contributed by atoms with Gasteiger partial charge in [-0.2, -0.15) is 0 Å². The third-order valence-corrected chi connectivity index (χ3v) is 22.2. The minimum Gasteiger partial charge on any atom is -0.490 e. The second-order valence-corrected chi connectivity index (χ2v) is 30.4. The first-order valence-corrected chi connectivity index (χ1v) is 43.8. The standard InChI is InChI=1S/C96H116N6O22S2/c1-109-41-45-113-49-53-117-57-61-121-85-37-35-79(67-81(85)91(105)97-39-65-125-95(73-23-11-5-12-24-73,74-25-13-6-14-26-74)75-27-15-7-16-28-75)101-89(103)71-99-93(107)83-69-84(88(124-64-60-120-56-52-116-48-44-112-4)70-87(83)123-63-59-119-55-51-115-47-43-111-3)94(108)100-72-90(104)102-80-36-38-86(122-62-58-118-54-50-114-46-42-110-2)82(68-80)92(106)98-40-66-126-96(76-29-17-8-18-30-76,77-31-19-9-20-32-77)78-33-21-10-22-34-78/h5-38,67-70H,39-66,71-72H2,1-4H3,(H,97,105)(H,98,106)(H,99,107)(H,100,108)(H,101,103)(H,102,104). The molecule has 0 fully saturated rings. The van der Waals surface area contributed by atoms with Crippen LogP contribution in [0.15, 0.2) is 231 Å². The van der Waals surface area contributed by atoms with Gasteiger partial charge in [-0.15, -0.1) is 23.5 Å². The van der Waals surface area contributed by atoms with Crippen molar-refractivity contribution in [1.29, 1.82) is 0 Å². The first-order valence-electron chi connectivity index (χ1n) is 41.8. The molecule has 28 nitrogen and oxygen atoms in total. The fourth-order valence-corrected chi connectivity index (χ4v) is 15.9. The van der Waals surface area contributed by atoms with Crippen LogP contribution in [0, 0.1) is 0 Å². The van der Waals surface area contributed by atoms with Gasteiger partial charge in [0.15, 0.2) is 0 Å². The zero-order valence-electron chi connectivity index (χ0n) is 72.0.